The molecule has 0 spiro atoms. The molecule has 3 rings (SSSR count). The van der Waals surface area contributed by atoms with Crippen LogP contribution in [0.2, 0.25) is 0 Å². The van der Waals surface area contributed by atoms with Crippen molar-refractivity contribution < 1.29 is 4.79 Å². The Labute approximate surface area is 136 Å². The molecule has 114 valence electrons. The highest BCUT2D eigenvalue weighted by atomic mass is 79.9. The summed E-state index contributed by atoms with van der Waals surface area (Å²) in [4.78, 5) is 14.6. The van der Waals surface area contributed by atoms with Crippen LogP contribution in [0.5, 0.6) is 0 Å². The van der Waals surface area contributed by atoms with Gasteiger partial charge < -0.3 is 4.90 Å². The van der Waals surface area contributed by atoms with E-state index in [1.54, 1.807) is 0 Å². The van der Waals surface area contributed by atoms with Gasteiger partial charge in [-0.15, -0.1) is 0 Å². The molecule has 0 bridgehead atoms. The van der Waals surface area contributed by atoms with E-state index in [9.17, 15) is 4.79 Å². The van der Waals surface area contributed by atoms with Crippen molar-refractivity contribution in [3.05, 3.63) is 34.3 Å². The van der Waals surface area contributed by atoms with Crippen LogP contribution in [0.1, 0.15) is 50.5 Å². The molecule has 0 saturated heterocycles. The Morgan fingerprint density at radius 1 is 1.10 bits per heavy atom. The molecule has 0 radical (unpaired) electrons. The molecule has 2 aliphatic carbocycles. The predicted molar refractivity (Wildman–Crippen MR) is 89.2 cm³/mol. The number of halogens is 1. The van der Waals surface area contributed by atoms with E-state index >= 15 is 0 Å². The van der Waals surface area contributed by atoms with Gasteiger partial charge in [-0.25, -0.2) is 0 Å². The summed E-state index contributed by atoms with van der Waals surface area (Å²) >= 11 is 3.46. The zero-order chi connectivity index (χ0) is 14.7. The second kappa shape index (κ2) is 6.95. The Hall–Kier alpha value is -0.830. The number of hydrogen-bond donors (Lipinski definition) is 0. The predicted octanol–water partition coefficient (Wildman–Crippen LogP) is 4.56. The SMILES string of the molecule is O=C(CCCCc1ccc(Br)cc1)N(CC1CC1)C1CC1. The molecule has 1 aromatic rings. The lowest BCUT2D eigenvalue weighted by atomic mass is 10.1. The van der Waals surface area contributed by atoms with Gasteiger partial charge in [0, 0.05) is 23.5 Å². The minimum atomic E-state index is 0.403. The topological polar surface area (TPSA) is 20.3 Å². The molecule has 2 nitrogen and oxygen atoms in total. The van der Waals surface area contributed by atoms with Gasteiger partial charge >= 0.3 is 0 Å². The summed E-state index contributed by atoms with van der Waals surface area (Å²) in [5.74, 6) is 1.22. The second-order valence-electron chi connectivity index (χ2n) is 6.55. The molecule has 0 atom stereocenters. The average molecular weight is 350 g/mol. The molecule has 21 heavy (non-hydrogen) atoms. The first kappa shape index (κ1) is 15.1. The summed E-state index contributed by atoms with van der Waals surface area (Å²) in [6, 6.07) is 9.09. The normalized spacial score (nSPS) is 17.8. The summed E-state index contributed by atoms with van der Waals surface area (Å²) in [6.07, 6.45) is 9.07. The zero-order valence-electron chi connectivity index (χ0n) is 12.6. The van der Waals surface area contributed by atoms with E-state index in [0.717, 1.165) is 42.6 Å². The van der Waals surface area contributed by atoms with Crippen molar-refractivity contribution in [2.75, 3.05) is 6.54 Å². The average Bonchev–Trinajstić information content (AvgIpc) is 3.36. The minimum absolute atomic E-state index is 0.403. The zero-order valence-corrected chi connectivity index (χ0v) is 14.1. The van der Waals surface area contributed by atoms with E-state index in [2.05, 4.69) is 45.1 Å². The monoisotopic (exact) mass is 349 g/mol. The van der Waals surface area contributed by atoms with Crippen LogP contribution in [0.3, 0.4) is 0 Å². The van der Waals surface area contributed by atoms with E-state index in [-0.39, 0.29) is 0 Å². The van der Waals surface area contributed by atoms with E-state index in [4.69, 9.17) is 0 Å². The minimum Gasteiger partial charge on any atom is -0.339 e. The molecule has 1 aromatic carbocycles. The molecule has 3 heteroatoms. The number of hydrogen-bond acceptors (Lipinski definition) is 1. The molecule has 0 aromatic heterocycles. The van der Waals surface area contributed by atoms with Gasteiger partial charge in [0.05, 0.1) is 0 Å². The van der Waals surface area contributed by atoms with Gasteiger partial charge in [0.1, 0.15) is 0 Å². The maximum Gasteiger partial charge on any atom is 0.222 e. The van der Waals surface area contributed by atoms with Crippen molar-refractivity contribution >= 4 is 21.8 Å². The highest BCUT2D eigenvalue weighted by Crippen LogP contribution is 2.35. The largest absolute Gasteiger partial charge is 0.339 e. The Morgan fingerprint density at radius 2 is 1.81 bits per heavy atom. The third kappa shape index (κ3) is 4.84. The van der Waals surface area contributed by atoms with Gasteiger partial charge in [0.15, 0.2) is 0 Å². The van der Waals surface area contributed by atoms with Gasteiger partial charge in [-0.1, -0.05) is 28.1 Å². The van der Waals surface area contributed by atoms with Crippen LogP contribution in [-0.2, 0) is 11.2 Å². The number of nitrogens with zero attached hydrogens (tertiary/aromatic N) is 1. The maximum absolute atomic E-state index is 12.4. The first-order chi connectivity index (χ1) is 10.2. The van der Waals surface area contributed by atoms with E-state index in [1.165, 1.54) is 31.2 Å². The lowest BCUT2D eigenvalue weighted by Gasteiger charge is -2.22. The number of aryl methyl sites for hydroxylation is 1. The number of rotatable bonds is 8. The Balaban J connectivity index is 1.37. The molecule has 2 saturated carbocycles. The Morgan fingerprint density at radius 3 is 2.43 bits per heavy atom. The third-order valence-electron chi connectivity index (χ3n) is 4.48. The lowest BCUT2D eigenvalue weighted by Crippen LogP contribution is -2.34. The standard InChI is InChI=1S/C18H24BrNO/c19-16-9-7-14(8-10-16)3-1-2-4-18(21)20(17-11-12-17)13-15-5-6-15/h7-10,15,17H,1-6,11-13H2. The Kier molecular flexibility index (Phi) is 4.99. The van der Waals surface area contributed by atoms with Gasteiger partial charge in [-0.3, -0.25) is 4.79 Å². The number of carbonyl (C=O) groups excluding carboxylic acids is 1. The lowest BCUT2D eigenvalue weighted by molar-refractivity contribution is -0.132. The molecule has 0 aliphatic heterocycles. The number of carbonyl (C=O) groups is 1. The van der Waals surface area contributed by atoms with Crippen LogP contribution in [0, 0.1) is 5.92 Å². The molecule has 1 amide bonds. The molecule has 2 aliphatic rings. The summed E-state index contributed by atoms with van der Waals surface area (Å²) < 4.78 is 1.13. The van der Waals surface area contributed by atoms with Crippen molar-refractivity contribution in [1.82, 2.24) is 4.90 Å². The first-order valence-corrected chi connectivity index (χ1v) is 9.05. The number of unbranched alkanes of at least 4 members (excludes halogenated alkanes) is 1. The van der Waals surface area contributed by atoms with Crippen molar-refractivity contribution in [3.8, 4) is 0 Å². The van der Waals surface area contributed by atoms with Gasteiger partial charge in [-0.05, 0) is 68.6 Å². The van der Waals surface area contributed by atoms with Gasteiger partial charge in [-0.2, -0.15) is 0 Å². The van der Waals surface area contributed by atoms with Crippen LogP contribution in [0.4, 0.5) is 0 Å². The molecular formula is C18H24BrNO. The maximum atomic E-state index is 12.4. The second-order valence-corrected chi connectivity index (χ2v) is 7.47. The fourth-order valence-corrected chi connectivity index (χ4v) is 3.08. The van der Waals surface area contributed by atoms with Crippen molar-refractivity contribution in [2.45, 2.75) is 57.4 Å². The van der Waals surface area contributed by atoms with Crippen LogP contribution in [-0.4, -0.2) is 23.4 Å². The summed E-state index contributed by atoms with van der Waals surface area (Å²) in [7, 11) is 0. The van der Waals surface area contributed by atoms with Gasteiger partial charge in [0.25, 0.3) is 0 Å². The van der Waals surface area contributed by atoms with Crippen LogP contribution >= 0.6 is 15.9 Å². The number of amides is 1. The molecule has 0 unspecified atom stereocenters. The summed E-state index contributed by atoms with van der Waals surface area (Å²) in [6.45, 7) is 1.04. The third-order valence-corrected chi connectivity index (χ3v) is 5.01. The molecular weight excluding hydrogens is 326 g/mol. The highest BCUT2D eigenvalue weighted by Gasteiger charge is 2.35. The van der Waals surface area contributed by atoms with Crippen molar-refractivity contribution in [3.63, 3.8) is 0 Å². The van der Waals surface area contributed by atoms with E-state index in [0.29, 0.717) is 11.9 Å². The number of benzene rings is 1. The molecule has 2 fully saturated rings. The van der Waals surface area contributed by atoms with Gasteiger partial charge in [0.2, 0.25) is 5.91 Å². The fraction of sp³-hybridized carbons (Fsp3) is 0.611. The van der Waals surface area contributed by atoms with Crippen molar-refractivity contribution in [1.29, 1.82) is 0 Å². The van der Waals surface area contributed by atoms with Crippen molar-refractivity contribution in [2.24, 2.45) is 5.92 Å². The fourth-order valence-electron chi connectivity index (χ4n) is 2.82. The Bertz CT molecular complexity index is 476. The quantitative estimate of drug-likeness (QED) is 0.629. The first-order valence-electron chi connectivity index (χ1n) is 8.26. The van der Waals surface area contributed by atoms with E-state index in [1.807, 2.05) is 0 Å². The summed E-state index contributed by atoms with van der Waals surface area (Å²) in [5, 5.41) is 0. The van der Waals surface area contributed by atoms with Crippen LogP contribution in [0.15, 0.2) is 28.7 Å². The smallest absolute Gasteiger partial charge is 0.222 e. The summed E-state index contributed by atoms with van der Waals surface area (Å²) in [5.41, 5.74) is 1.36. The van der Waals surface area contributed by atoms with E-state index < -0.39 is 0 Å². The molecule has 0 N–H and O–H groups in total. The van der Waals surface area contributed by atoms with Crippen LogP contribution in [0.25, 0.3) is 0 Å². The van der Waals surface area contributed by atoms with Crippen LogP contribution < -0.4 is 0 Å². The highest BCUT2D eigenvalue weighted by molar-refractivity contribution is 9.10. The molecule has 0 heterocycles.